The summed E-state index contributed by atoms with van der Waals surface area (Å²) in [6, 6.07) is 6.80. The third kappa shape index (κ3) is 3.17. The highest BCUT2D eigenvalue weighted by Crippen LogP contribution is 2.16. The van der Waals surface area contributed by atoms with E-state index >= 15 is 0 Å². The van der Waals surface area contributed by atoms with Gasteiger partial charge in [0.25, 0.3) is 5.91 Å². The molecule has 0 fully saturated rings. The van der Waals surface area contributed by atoms with Crippen molar-refractivity contribution in [3.63, 3.8) is 0 Å². The maximum Gasteiger partial charge on any atom is 0.251 e. The predicted molar refractivity (Wildman–Crippen MR) is 68.4 cm³/mol. The van der Waals surface area contributed by atoms with Gasteiger partial charge in [0.15, 0.2) is 0 Å². The maximum atomic E-state index is 11.9. The Balaban J connectivity index is 2.13. The summed E-state index contributed by atoms with van der Waals surface area (Å²) >= 11 is 0. The molecule has 19 heavy (non-hydrogen) atoms. The highest BCUT2D eigenvalue weighted by molar-refractivity contribution is 5.95. The van der Waals surface area contributed by atoms with Gasteiger partial charge in [-0.3, -0.25) is 4.79 Å². The fourth-order valence-corrected chi connectivity index (χ4v) is 1.48. The van der Waals surface area contributed by atoms with Gasteiger partial charge in [0, 0.05) is 11.1 Å². The number of aromatic nitrogens is 2. The van der Waals surface area contributed by atoms with Crippen LogP contribution < -0.4 is 5.32 Å². The summed E-state index contributed by atoms with van der Waals surface area (Å²) in [4.78, 5) is 11.9. The van der Waals surface area contributed by atoms with Crippen LogP contribution in [0.15, 0.2) is 35.1 Å². The number of benzene rings is 1. The summed E-state index contributed by atoms with van der Waals surface area (Å²) in [5.74, 6) is 0.166. The molecule has 2 rings (SSSR count). The van der Waals surface area contributed by atoms with Crippen LogP contribution in [-0.4, -0.2) is 33.4 Å². The Kier molecular flexibility index (Phi) is 3.62. The van der Waals surface area contributed by atoms with Gasteiger partial charge in [-0.1, -0.05) is 0 Å². The zero-order chi connectivity index (χ0) is 13.9. The summed E-state index contributed by atoms with van der Waals surface area (Å²) in [5.41, 5.74) is 0.600. The van der Waals surface area contributed by atoms with Gasteiger partial charge in [-0.25, -0.2) is 0 Å². The summed E-state index contributed by atoms with van der Waals surface area (Å²) in [6.07, 6.45) is 1.25. The average molecular weight is 261 g/mol. The molecule has 1 aromatic carbocycles. The Hall–Kier alpha value is -2.21. The first-order valence-electron chi connectivity index (χ1n) is 5.82. The van der Waals surface area contributed by atoms with Crippen LogP contribution in [0.5, 0.6) is 0 Å². The Labute approximate surface area is 110 Å². The second kappa shape index (κ2) is 5.19. The van der Waals surface area contributed by atoms with Gasteiger partial charge >= 0.3 is 0 Å². The predicted octanol–water partition coefficient (Wildman–Crippen LogP) is 1.24. The SMILES string of the molecule is CC(C)(CO)NC(=O)c1ccc(-c2nnco2)cc1. The number of aliphatic hydroxyl groups is 1. The van der Waals surface area contributed by atoms with Crippen molar-refractivity contribution in [1.82, 2.24) is 15.5 Å². The molecule has 0 unspecified atom stereocenters. The van der Waals surface area contributed by atoms with E-state index in [0.717, 1.165) is 5.56 Å². The molecule has 0 aliphatic rings. The molecule has 0 spiro atoms. The van der Waals surface area contributed by atoms with E-state index in [-0.39, 0.29) is 12.5 Å². The first-order valence-corrected chi connectivity index (χ1v) is 5.82. The van der Waals surface area contributed by atoms with Crippen molar-refractivity contribution >= 4 is 5.91 Å². The second-order valence-corrected chi connectivity index (χ2v) is 4.82. The van der Waals surface area contributed by atoms with Crippen molar-refractivity contribution in [2.24, 2.45) is 0 Å². The Morgan fingerprint density at radius 3 is 2.58 bits per heavy atom. The fraction of sp³-hybridized carbons (Fsp3) is 0.308. The minimum Gasteiger partial charge on any atom is -0.423 e. The van der Waals surface area contributed by atoms with Crippen LogP contribution >= 0.6 is 0 Å². The molecule has 2 N–H and O–H groups in total. The lowest BCUT2D eigenvalue weighted by atomic mass is 10.1. The molecule has 0 saturated carbocycles. The molecular weight excluding hydrogens is 246 g/mol. The Morgan fingerprint density at radius 1 is 1.37 bits per heavy atom. The largest absolute Gasteiger partial charge is 0.423 e. The molecule has 6 heteroatoms. The molecule has 1 heterocycles. The number of carbonyl (C=O) groups excluding carboxylic acids is 1. The lowest BCUT2D eigenvalue weighted by Crippen LogP contribution is -2.46. The van der Waals surface area contributed by atoms with Gasteiger partial charge in [-0.05, 0) is 38.1 Å². The maximum absolute atomic E-state index is 11.9. The quantitative estimate of drug-likeness (QED) is 0.864. The van der Waals surface area contributed by atoms with Gasteiger partial charge in [-0.2, -0.15) is 0 Å². The number of hydrogen-bond donors (Lipinski definition) is 2. The molecule has 1 aromatic heterocycles. The minimum absolute atomic E-state index is 0.126. The molecule has 0 bridgehead atoms. The first-order chi connectivity index (χ1) is 9.02. The normalized spacial score (nSPS) is 11.3. The van der Waals surface area contributed by atoms with Crippen LogP contribution in [0.25, 0.3) is 11.5 Å². The van der Waals surface area contributed by atoms with Crippen LogP contribution in [0.2, 0.25) is 0 Å². The van der Waals surface area contributed by atoms with Crippen molar-refractivity contribution < 1.29 is 14.3 Å². The summed E-state index contributed by atoms with van der Waals surface area (Å²) in [5, 5.41) is 19.2. The molecule has 2 aromatic rings. The number of aliphatic hydroxyl groups excluding tert-OH is 1. The smallest absolute Gasteiger partial charge is 0.251 e. The first kappa shape index (κ1) is 13.2. The number of carbonyl (C=O) groups is 1. The van der Waals surface area contributed by atoms with Gasteiger partial charge < -0.3 is 14.8 Å². The Morgan fingerprint density at radius 2 is 2.05 bits per heavy atom. The molecule has 100 valence electrons. The molecular formula is C13H15N3O3. The number of nitrogens with zero attached hydrogens (tertiary/aromatic N) is 2. The second-order valence-electron chi connectivity index (χ2n) is 4.82. The molecule has 1 amide bonds. The topological polar surface area (TPSA) is 88.2 Å². The van der Waals surface area contributed by atoms with Crippen LogP contribution in [0.1, 0.15) is 24.2 Å². The number of nitrogens with one attached hydrogen (secondary N) is 1. The molecule has 6 nitrogen and oxygen atoms in total. The monoisotopic (exact) mass is 261 g/mol. The third-order valence-corrected chi connectivity index (χ3v) is 2.60. The van der Waals surface area contributed by atoms with Crippen molar-refractivity contribution in [1.29, 1.82) is 0 Å². The zero-order valence-corrected chi connectivity index (χ0v) is 10.8. The number of amides is 1. The van der Waals surface area contributed by atoms with Crippen molar-refractivity contribution in [2.45, 2.75) is 19.4 Å². The van der Waals surface area contributed by atoms with E-state index in [4.69, 9.17) is 9.52 Å². The minimum atomic E-state index is -0.651. The van der Waals surface area contributed by atoms with Gasteiger partial charge in [0.2, 0.25) is 12.3 Å². The summed E-state index contributed by atoms with van der Waals surface area (Å²) in [6.45, 7) is 3.37. The van der Waals surface area contributed by atoms with Crippen molar-refractivity contribution in [2.75, 3.05) is 6.61 Å². The van der Waals surface area contributed by atoms with E-state index in [2.05, 4.69) is 15.5 Å². The zero-order valence-electron chi connectivity index (χ0n) is 10.8. The standard InChI is InChI=1S/C13H15N3O3/c1-13(2,7-17)15-11(18)9-3-5-10(6-4-9)12-16-14-8-19-12/h3-6,8,17H,7H2,1-2H3,(H,15,18). The van der Waals surface area contributed by atoms with E-state index < -0.39 is 5.54 Å². The van der Waals surface area contributed by atoms with Crippen molar-refractivity contribution in [3.05, 3.63) is 36.2 Å². The summed E-state index contributed by atoms with van der Waals surface area (Å²) in [7, 11) is 0. The lowest BCUT2D eigenvalue weighted by Gasteiger charge is -2.23. The van der Waals surface area contributed by atoms with E-state index in [1.54, 1.807) is 38.1 Å². The Bertz CT molecular complexity index is 547. The number of rotatable bonds is 4. The van der Waals surface area contributed by atoms with E-state index in [1.165, 1.54) is 6.39 Å². The molecule has 0 aliphatic carbocycles. The third-order valence-electron chi connectivity index (χ3n) is 2.60. The van der Waals surface area contributed by atoms with Crippen LogP contribution in [0.4, 0.5) is 0 Å². The van der Waals surface area contributed by atoms with Crippen molar-refractivity contribution in [3.8, 4) is 11.5 Å². The van der Waals surface area contributed by atoms with Crippen LogP contribution in [0.3, 0.4) is 0 Å². The van der Waals surface area contributed by atoms with E-state index in [9.17, 15) is 4.79 Å². The highest BCUT2D eigenvalue weighted by atomic mass is 16.4. The molecule has 0 radical (unpaired) electrons. The fourth-order valence-electron chi connectivity index (χ4n) is 1.48. The average Bonchev–Trinajstić information content (AvgIpc) is 2.92. The number of hydrogen-bond acceptors (Lipinski definition) is 5. The molecule has 0 aliphatic heterocycles. The van der Waals surface area contributed by atoms with Gasteiger partial charge in [0.1, 0.15) is 0 Å². The molecule has 0 atom stereocenters. The molecule has 0 saturated heterocycles. The van der Waals surface area contributed by atoms with Gasteiger partial charge in [-0.15, -0.1) is 10.2 Å². The van der Waals surface area contributed by atoms with Gasteiger partial charge in [0.05, 0.1) is 12.1 Å². The highest BCUT2D eigenvalue weighted by Gasteiger charge is 2.20. The van der Waals surface area contributed by atoms with E-state index in [1.807, 2.05) is 0 Å². The van der Waals surface area contributed by atoms with E-state index in [0.29, 0.717) is 11.5 Å². The van der Waals surface area contributed by atoms with Crippen LogP contribution in [0, 0.1) is 0 Å². The lowest BCUT2D eigenvalue weighted by molar-refractivity contribution is 0.0869. The van der Waals surface area contributed by atoms with Crippen LogP contribution in [-0.2, 0) is 0 Å². The summed E-state index contributed by atoms with van der Waals surface area (Å²) < 4.78 is 5.06.